The first-order valence-corrected chi connectivity index (χ1v) is 11.0. The van der Waals surface area contributed by atoms with Crippen LogP contribution in [0.2, 0.25) is 0 Å². The van der Waals surface area contributed by atoms with E-state index >= 15 is 0 Å². The number of hydrogen-bond donors (Lipinski definition) is 1. The number of thioether (sulfide) groups is 1. The minimum Gasteiger partial charge on any atom is -0.350 e. The van der Waals surface area contributed by atoms with Crippen molar-refractivity contribution in [1.82, 2.24) is 25.5 Å². The van der Waals surface area contributed by atoms with Crippen molar-refractivity contribution in [2.75, 3.05) is 0 Å². The van der Waals surface area contributed by atoms with Gasteiger partial charge in [0.2, 0.25) is 0 Å². The van der Waals surface area contributed by atoms with E-state index in [9.17, 15) is 4.79 Å². The normalized spacial score (nSPS) is 11.9. The molecule has 1 atom stereocenters. The van der Waals surface area contributed by atoms with Gasteiger partial charge < -0.3 is 5.32 Å². The molecule has 3 rings (SSSR count). The van der Waals surface area contributed by atoms with Crippen LogP contribution in [0, 0.1) is 0 Å². The highest BCUT2D eigenvalue weighted by Gasteiger charge is 2.15. The molecule has 0 spiro atoms. The third-order valence-corrected chi connectivity index (χ3v) is 5.71. The van der Waals surface area contributed by atoms with E-state index in [2.05, 4.69) is 34.7 Å². The first kappa shape index (κ1) is 21.0. The van der Waals surface area contributed by atoms with Crippen molar-refractivity contribution >= 4 is 17.7 Å². The summed E-state index contributed by atoms with van der Waals surface area (Å²) in [6.07, 6.45) is 4.52. The summed E-state index contributed by atoms with van der Waals surface area (Å²) in [6.45, 7) is 4.25. The Morgan fingerprint density at radius 2 is 1.86 bits per heavy atom. The second kappa shape index (κ2) is 10.8. The number of carbonyl (C=O) groups excluding carboxylic acids is 1. The van der Waals surface area contributed by atoms with E-state index in [1.54, 1.807) is 16.4 Å². The van der Waals surface area contributed by atoms with Crippen molar-refractivity contribution in [3.8, 4) is 5.69 Å². The molecule has 0 aliphatic carbocycles. The van der Waals surface area contributed by atoms with Crippen molar-refractivity contribution in [3.05, 3.63) is 66.0 Å². The molecular formula is C22H27N5OS. The quantitative estimate of drug-likeness (QED) is 0.390. The van der Waals surface area contributed by atoms with Gasteiger partial charge in [0.25, 0.3) is 5.91 Å². The monoisotopic (exact) mass is 409 g/mol. The number of aromatic nitrogens is 4. The molecule has 0 saturated carbocycles. The summed E-state index contributed by atoms with van der Waals surface area (Å²) >= 11 is 1.57. The van der Waals surface area contributed by atoms with Crippen LogP contribution in [0.3, 0.4) is 0 Å². The fraction of sp³-hybridized carbons (Fsp3) is 0.364. The number of hydrogen-bond acceptors (Lipinski definition) is 5. The molecule has 0 bridgehead atoms. The van der Waals surface area contributed by atoms with E-state index < -0.39 is 0 Å². The average molecular weight is 410 g/mol. The standard InChI is InChI=1S/C22H27N5OS/c1-3-4-6-11-17(2)23-22(28)19-14-9-10-15-20(19)29-16-21-24-25-26-27(21)18-12-7-5-8-13-18/h5,7-10,12-15,17H,3-4,6,11,16H2,1-2H3,(H,23,28). The molecule has 6 nitrogen and oxygen atoms in total. The van der Waals surface area contributed by atoms with Gasteiger partial charge >= 0.3 is 0 Å². The van der Waals surface area contributed by atoms with Crippen LogP contribution in [0.1, 0.15) is 55.7 Å². The number of para-hydroxylation sites is 1. The van der Waals surface area contributed by atoms with Gasteiger partial charge in [-0.3, -0.25) is 4.79 Å². The van der Waals surface area contributed by atoms with Crippen LogP contribution >= 0.6 is 11.8 Å². The lowest BCUT2D eigenvalue weighted by Gasteiger charge is -2.15. The minimum atomic E-state index is -0.0280. The largest absolute Gasteiger partial charge is 0.350 e. The molecule has 3 aromatic rings. The molecule has 2 aromatic carbocycles. The van der Waals surface area contributed by atoms with Crippen LogP contribution in [0.5, 0.6) is 0 Å². The fourth-order valence-corrected chi connectivity index (χ4v) is 4.02. The van der Waals surface area contributed by atoms with E-state index in [0.717, 1.165) is 29.2 Å². The molecule has 1 heterocycles. The number of tetrazole rings is 1. The Bertz CT molecular complexity index is 912. The molecule has 0 aliphatic heterocycles. The number of benzene rings is 2. The predicted octanol–water partition coefficient (Wildman–Crippen LogP) is 4.65. The Morgan fingerprint density at radius 3 is 2.66 bits per heavy atom. The topological polar surface area (TPSA) is 72.7 Å². The first-order chi connectivity index (χ1) is 14.2. The summed E-state index contributed by atoms with van der Waals surface area (Å²) in [7, 11) is 0. The van der Waals surface area contributed by atoms with Gasteiger partial charge in [0.05, 0.1) is 17.0 Å². The van der Waals surface area contributed by atoms with Gasteiger partial charge in [0, 0.05) is 10.9 Å². The molecule has 0 aliphatic rings. The molecule has 0 radical (unpaired) electrons. The predicted molar refractivity (Wildman–Crippen MR) is 116 cm³/mol. The van der Waals surface area contributed by atoms with Crippen molar-refractivity contribution in [3.63, 3.8) is 0 Å². The van der Waals surface area contributed by atoms with Crippen LogP contribution in [0.4, 0.5) is 0 Å². The molecule has 1 aromatic heterocycles. The Labute approximate surface area is 176 Å². The number of amides is 1. The molecule has 152 valence electrons. The van der Waals surface area contributed by atoms with Gasteiger partial charge in [0.15, 0.2) is 5.82 Å². The average Bonchev–Trinajstić information content (AvgIpc) is 3.22. The fourth-order valence-electron chi connectivity index (χ4n) is 3.06. The van der Waals surface area contributed by atoms with Crippen LogP contribution in [-0.2, 0) is 5.75 Å². The lowest BCUT2D eigenvalue weighted by molar-refractivity contribution is 0.0935. The SMILES string of the molecule is CCCCCC(C)NC(=O)c1ccccc1SCc1nnnn1-c1ccccc1. The lowest BCUT2D eigenvalue weighted by Crippen LogP contribution is -2.32. The zero-order valence-corrected chi connectivity index (χ0v) is 17.7. The molecule has 29 heavy (non-hydrogen) atoms. The molecule has 0 fully saturated rings. The number of carbonyl (C=O) groups is 1. The van der Waals surface area contributed by atoms with Crippen LogP contribution in [0.25, 0.3) is 5.69 Å². The summed E-state index contributed by atoms with van der Waals surface area (Å²) in [6, 6.07) is 17.6. The first-order valence-electron chi connectivity index (χ1n) is 10.0. The van der Waals surface area contributed by atoms with E-state index in [4.69, 9.17) is 0 Å². The van der Waals surface area contributed by atoms with Gasteiger partial charge in [0.1, 0.15) is 0 Å². The molecule has 0 saturated heterocycles. The summed E-state index contributed by atoms with van der Waals surface area (Å²) in [5.74, 6) is 1.28. The Morgan fingerprint density at radius 1 is 1.10 bits per heavy atom. The molecular weight excluding hydrogens is 382 g/mol. The Hall–Kier alpha value is -2.67. The maximum Gasteiger partial charge on any atom is 0.252 e. The van der Waals surface area contributed by atoms with Gasteiger partial charge in [-0.15, -0.1) is 16.9 Å². The van der Waals surface area contributed by atoms with E-state index in [-0.39, 0.29) is 11.9 Å². The summed E-state index contributed by atoms with van der Waals surface area (Å²) < 4.78 is 1.73. The van der Waals surface area contributed by atoms with Crippen molar-refractivity contribution in [1.29, 1.82) is 0 Å². The van der Waals surface area contributed by atoms with Crippen LogP contribution in [0.15, 0.2) is 59.5 Å². The zero-order chi connectivity index (χ0) is 20.5. The second-order valence-electron chi connectivity index (χ2n) is 7.00. The van der Waals surface area contributed by atoms with Gasteiger partial charge in [-0.05, 0) is 48.0 Å². The van der Waals surface area contributed by atoms with Crippen LogP contribution in [-0.4, -0.2) is 32.2 Å². The lowest BCUT2D eigenvalue weighted by atomic mass is 10.1. The Balaban J connectivity index is 1.66. The van der Waals surface area contributed by atoms with Gasteiger partial charge in [-0.1, -0.05) is 56.5 Å². The number of rotatable bonds is 10. The maximum absolute atomic E-state index is 12.8. The highest BCUT2D eigenvalue weighted by atomic mass is 32.2. The van der Waals surface area contributed by atoms with Gasteiger partial charge in [-0.2, -0.15) is 4.68 Å². The summed E-state index contributed by atoms with van der Waals surface area (Å²) in [5, 5.41) is 15.2. The summed E-state index contributed by atoms with van der Waals surface area (Å²) in [4.78, 5) is 13.7. The zero-order valence-electron chi connectivity index (χ0n) is 16.9. The Kier molecular flexibility index (Phi) is 7.81. The van der Waals surface area contributed by atoms with Gasteiger partial charge in [-0.25, -0.2) is 0 Å². The smallest absolute Gasteiger partial charge is 0.252 e. The third kappa shape index (κ3) is 5.90. The second-order valence-corrected chi connectivity index (χ2v) is 8.01. The number of unbranched alkanes of at least 4 members (excludes halogenated alkanes) is 2. The molecule has 7 heteroatoms. The number of nitrogens with zero attached hydrogens (tertiary/aromatic N) is 4. The minimum absolute atomic E-state index is 0.0280. The van der Waals surface area contributed by atoms with Crippen molar-refractivity contribution in [2.45, 2.75) is 56.2 Å². The van der Waals surface area contributed by atoms with Crippen LogP contribution < -0.4 is 5.32 Å². The van der Waals surface area contributed by atoms with E-state index in [1.165, 1.54) is 12.8 Å². The van der Waals surface area contributed by atoms with E-state index in [1.807, 2.05) is 54.6 Å². The highest BCUT2D eigenvalue weighted by Crippen LogP contribution is 2.26. The summed E-state index contributed by atoms with van der Waals surface area (Å²) in [5.41, 5.74) is 1.61. The molecule has 1 N–H and O–H groups in total. The highest BCUT2D eigenvalue weighted by molar-refractivity contribution is 7.98. The van der Waals surface area contributed by atoms with E-state index in [0.29, 0.717) is 11.3 Å². The maximum atomic E-state index is 12.8. The third-order valence-electron chi connectivity index (χ3n) is 4.64. The van der Waals surface area contributed by atoms with Crippen molar-refractivity contribution in [2.24, 2.45) is 0 Å². The number of nitrogens with one attached hydrogen (secondary N) is 1. The molecule has 1 unspecified atom stereocenters. The molecule has 1 amide bonds. The van der Waals surface area contributed by atoms with Crippen molar-refractivity contribution < 1.29 is 4.79 Å².